The number of allylic oxidation sites excluding steroid dienone is 1. The number of hydrogen-bond donors (Lipinski definition) is 0. The zero-order chi connectivity index (χ0) is 28.2. The normalized spacial score (nSPS) is 13.4. The molecule has 1 aliphatic rings. The summed E-state index contributed by atoms with van der Waals surface area (Å²) in [5.41, 5.74) is 1.86. The third-order valence-corrected chi connectivity index (χ3v) is 9.51. The lowest BCUT2D eigenvalue weighted by atomic mass is 9.91. The van der Waals surface area contributed by atoms with Crippen LogP contribution in [0.5, 0.6) is 0 Å². The molecule has 0 aliphatic heterocycles. The Balaban J connectivity index is 1.17. The van der Waals surface area contributed by atoms with Crippen molar-refractivity contribution in [2.75, 3.05) is 0 Å². The Bertz CT molecular complexity index is 2760. The van der Waals surface area contributed by atoms with E-state index in [1.165, 1.54) is 80.8 Å². The highest BCUT2D eigenvalue weighted by Gasteiger charge is 2.15. The second kappa shape index (κ2) is 8.27. The molecule has 0 fully saturated rings. The van der Waals surface area contributed by atoms with Crippen LogP contribution in [0.1, 0.15) is 22.3 Å². The van der Waals surface area contributed by atoms with Crippen molar-refractivity contribution >= 4 is 98.0 Å². The van der Waals surface area contributed by atoms with Crippen LogP contribution in [0.25, 0.3) is 92.3 Å². The molecule has 0 atom stereocenters. The number of benzene rings is 9. The van der Waals surface area contributed by atoms with E-state index in [0.717, 1.165) is 16.5 Å². The lowest BCUT2D eigenvalue weighted by Crippen LogP contribution is -2.03. The highest BCUT2D eigenvalue weighted by molar-refractivity contribution is 6.14. The van der Waals surface area contributed by atoms with E-state index in [9.17, 15) is 4.79 Å². The summed E-state index contributed by atoms with van der Waals surface area (Å²) in [6, 6.07) is 45.2. The van der Waals surface area contributed by atoms with Crippen LogP contribution in [-0.2, 0) is 0 Å². The molecule has 1 aliphatic carbocycles. The maximum absolute atomic E-state index is 12.5. The fourth-order valence-electron chi connectivity index (χ4n) is 7.30. The van der Waals surface area contributed by atoms with Crippen LogP contribution in [0.4, 0.5) is 0 Å². The smallest absolute Gasteiger partial charge is 0.167 e. The Morgan fingerprint density at radius 3 is 1.02 bits per heavy atom. The maximum atomic E-state index is 12.5. The fourth-order valence-corrected chi connectivity index (χ4v) is 7.30. The molecule has 9 aromatic carbocycles. The van der Waals surface area contributed by atoms with Crippen molar-refractivity contribution in [3.05, 3.63) is 139 Å². The van der Waals surface area contributed by atoms with Crippen molar-refractivity contribution < 1.29 is 4.79 Å². The van der Waals surface area contributed by atoms with Gasteiger partial charge in [-0.25, -0.2) is 0 Å². The summed E-state index contributed by atoms with van der Waals surface area (Å²) in [5.74, 6) is 0.200. The first-order valence-electron chi connectivity index (χ1n) is 14.9. The maximum Gasteiger partial charge on any atom is 0.167 e. The molecule has 0 spiro atoms. The molecule has 0 radical (unpaired) electrons. The molecule has 0 bridgehead atoms. The van der Waals surface area contributed by atoms with Crippen molar-refractivity contribution in [1.82, 2.24) is 0 Å². The molecule has 1 heteroatoms. The lowest BCUT2D eigenvalue weighted by Gasteiger charge is -2.13. The molecule has 43 heavy (non-hydrogen) atoms. The summed E-state index contributed by atoms with van der Waals surface area (Å²) < 4.78 is 0. The summed E-state index contributed by atoms with van der Waals surface area (Å²) in [7, 11) is 0. The van der Waals surface area contributed by atoms with Crippen LogP contribution in [0.15, 0.2) is 127 Å². The van der Waals surface area contributed by atoms with Crippen molar-refractivity contribution in [3.63, 3.8) is 0 Å². The predicted octanol–water partition coefficient (Wildman–Crippen LogP) is 11.5. The Morgan fingerprint density at radius 2 is 0.651 bits per heavy atom. The van der Waals surface area contributed by atoms with Gasteiger partial charge in [0.15, 0.2) is 5.78 Å². The lowest BCUT2D eigenvalue weighted by molar-refractivity contribution is 0.0994. The largest absolute Gasteiger partial charge is 0.294 e. The molecule has 10 rings (SSSR count). The van der Waals surface area contributed by atoms with E-state index in [2.05, 4.69) is 127 Å². The van der Waals surface area contributed by atoms with Gasteiger partial charge < -0.3 is 0 Å². The van der Waals surface area contributed by atoms with Gasteiger partial charge in [-0.15, -0.1) is 0 Å². The molecule has 0 N–H and O–H groups in total. The first-order chi connectivity index (χ1) is 21.1. The van der Waals surface area contributed by atoms with Gasteiger partial charge in [-0.2, -0.15) is 0 Å². The second-order valence-corrected chi connectivity index (χ2v) is 12.2. The van der Waals surface area contributed by atoms with Crippen LogP contribution in [0.3, 0.4) is 0 Å². The zero-order valence-electron chi connectivity index (χ0n) is 23.3. The van der Waals surface area contributed by atoms with Gasteiger partial charge in [-0.3, -0.25) is 4.79 Å². The quantitative estimate of drug-likeness (QED) is 0.174. The number of ketones is 1. The van der Waals surface area contributed by atoms with E-state index in [4.69, 9.17) is 0 Å². The average Bonchev–Trinajstić information content (AvgIpc) is 3.01. The minimum atomic E-state index is 0.200. The molecule has 0 saturated heterocycles. The summed E-state index contributed by atoms with van der Waals surface area (Å²) in [4.78, 5) is 12.5. The Hall–Kier alpha value is -5.53. The second-order valence-electron chi connectivity index (χ2n) is 12.2. The van der Waals surface area contributed by atoms with Gasteiger partial charge in [0.05, 0.1) is 0 Å². The van der Waals surface area contributed by atoms with Gasteiger partial charge in [0.2, 0.25) is 0 Å². The van der Waals surface area contributed by atoms with Gasteiger partial charge in [0, 0.05) is 12.0 Å². The zero-order valence-corrected chi connectivity index (χ0v) is 23.3. The van der Waals surface area contributed by atoms with E-state index < -0.39 is 0 Å². The Labute approximate surface area is 247 Å². The highest BCUT2D eigenvalue weighted by atomic mass is 16.1. The van der Waals surface area contributed by atoms with E-state index in [0.29, 0.717) is 6.42 Å². The van der Waals surface area contributed by atoms with Crippen LogP contribution in [0, 0.1) is 0 Å². The summed E-state index contributed by atoms with van der Waals surface area (Å²) in [6.45, 7) is 0. The number of hydrogen-bond acceptors (Lipinski definition) is 1. The minimum Gasteiger partial charge on any atom is -0.294 e. The molecule has 0 heterocycles. The van der Waals surface area contributed by atoms with Crippen LogP contribution >= 0.6 is 0 Å². The first kappa shape index (κ1) is 23.1. The van der Waals surface area contributed by atoms with Crippen molar-refractivity contribution in [1.29, 1.82) is 0 Å². The highest BCUT2D eigenvalue weighted by Crippen LogP contribution is 2.35. The van der Waals surface area contributed by atoms with Gasteiger partial charge >= 0.3 is 0 Å². The standard InChI is InChI=1S/C42H24O/c43-42-7-3-6-26-10-29-13-32-16-35-19-36-17-33-14-30-11-27-8-24-4-1-2-5-25(24)9-28(27)12-31(30)15-34(33)18-37(36)20-38(35)21-39(32)22-40(29)23-41(26)42/h1-6,8-23H,7H2. The van der Waals surface area contributed by atoms with Gasteiger partial charge in [0.1, 0.15) is 0 Å². The monoisotopic (exact) mass is 544 g/mol. The summed E-state index contributed by atoms with van der Waals surface area (Å²) >= 11 is 0. The molecular formula is C42H24O. The molecule has 0 aromatic heterocycles. The number of carbonyl (C=O) groups is 1. The fraction of sp³-hybridized carbons (Fsp3) is 0.0238. The molecule has 9 aromatic rings. The average molecular weight is 545 g/mol. The van der Waals surface area contributed by atoms with Gasteiger partial charge in [0.25, 0.3) is 0 Å². The molecular weight excluding hydrogens is 520 g/mol. The van der Waals surface area contributed by atoms with E-state index >= 15 is 0 Å². The molecule has 0 saturated carbocycles. The topological polar surface area (TPSA) is 17.1 Å². The number of fused-ring (bicyclic) bond motifs is 9. The van der Waals surface area contributed by atoms with Crippen LogP contribution in [-0.4, -0.2) is 5.78 Å². The van der Waals surface area contributed by atoms with Gasteiger partial charge in [-0.1, -0.05) is 36.4 Å². The third kappa shape index (κ3) is 3.49. The van der Waals surface area contributed by atoms with Crippen LogP contribution < -0.4 is 0 Å². The summed E-state index contributed by atoms with van der Waals surface area (Å²) in [6.07, 6.45) is 4.53. The first-order valence-corrected chi connectivity index (χ1v) is 14.9. The number of rotatable bonds is 0. The van der Waals surface area contributed by atoms with Crippen LogP contribution in [0.2, 0.25) is 0 Å². The van der Waals surface area contributed by atoms with E-state index in [1.54, 1.807) is 0 Å². The van der Waals surface area contributed by atoms with Crippen molar-refractivity contribution in [3.8, 4) is 0 Å². The van der Waals surface area contributed by atoms with Gasteiger partial charge in [-0.05, 0) is 189 Å². The number of Topliss-reactive ketones (excluding diaryl/α,β-unsaturated/α-hetero) is 1. The molecule has 0 unspecified atom stereocenters. The van der Waals surface area contributed by atoms with E-state index in [1.807, 2.05) is 6.08 Å². The van der Waals surface area contributed by atoms with Crippen molar-refractivity contribution in [2.45, 2.75) is 6.42 Å². The third-order valence-electron chi connectivity index (χ3n) is 9.51. The molecule has 198 valence electrons. The predicted molar refractivity (Wildman–Crippen MR) is 184 cm³/mol. The SMILES string of the molecule is O=C1CC=Cc2cc3cc4cc5cc6cc7cc8cc9cc%10ccccc%10cc9cc8cc7cc6cc5cc4cc3cc21. The Morgan fingerprint density at radius 1 is 0.349 bits per heavy atom. The van der Waals surface area contributed by atoms with Crippen molar-refractivity contribution in [2.24, 2.45) is 0 Å². The van der Waals surface area contributed by atoms with E-state index in [-0.39, 0.29) is 5.78 Å². The molecule has 0 amide bonds. The number of carbonyl (C=O) groups excluding carboxylic acids is 1. The Kier molecular flexibility index (Phi) is 4.44. The summed E-state index contributed by atoms with van der Waals surface area (Å²) in [5, 5.41) is 19.8. The minimum absolute atomic E-state index is 0.200. The molecule has 1 nitrogen and oxygen atoms in total.